The van der Waals surface area contributed by atoms with E-state index in [0.717, 1.165) is 28.3 Å². The maximum absolute atomic E-state index is 2.45. The lowest BCUT2D eigenvalue weighted by Crippen LogP contribution is -2.11. The second kappa shape index (κ2) is 13.8. The molecule has 57 heavy (non-hydrogen) atoms. The number of benzene rings is 9. The van der Waals surface area contributed by atoms with Crippen molar-refractivity contribution in [2.45, 2.75) is 0 Å². The molecule has 0 aliphatic heterocycles. The highest BCUT2D eigenvalue weighted by Gasteiger charge is 2.21. The van der Waals surface area contributed by atoms with Crippen molar-refractivity contribution in [1.29, 1.82) is 0 Å². The maximum Gasteiger partial charge on any atom is 0.0562 e. The molecule has 0 amide bonds. The maximum atomic E-state index is 2.45. The number of nitrogens with zero attached hydrogens (tertiary/aromatic N) is 2. The summed E-state index contributed by atoms with van der Waals surface area (Å²) < 4.78 is 5.07. The number of thiophene rings is 1. The lowest BCUT2D eigenvalue weighted by molar-refractivity contribution is 1.18. The Hall–Kier alpha value is -7.20. The first-order chi connectivity index (χ1) is 28.3. The molecule has 2 nitrogen and oxygen atoms in total. The van der Waals surface area contributed by atoms with Crippen molar-refractivity contribution in [3.8, 4) is 39.1 Å². The minimum Gasteiger partial charge on any atom is -0.310 e. The third kappa shape index (κ3) is 5.71. The number of aromatic nitrogens is 1. The van der Waals surface area contributed by atoms with Crippen molar-refractivity contribution in [3.05, 3.63) is 218 Å². The molecule has 0 fully saturated rings. The predicted octanol–water partition coefficient (Wildman–Crippen LogP) is 15.6. The average Bonchev–Trinajstić information content (AvgIpc) is 3.82. The summed E-state index contributed by atoms with van der Waals surface area (Å²) in [4.78, 5) is 2.44. The molecule has 0 bridgehead atoms. The Labute approximate surface area is 335 Å². The Morgan fingerprint density at radius 3 is 1.74 bits per heavy atom. The molecule has 2 aromatic heterocycles. The van der Waals surface area contributed by atoms with Gasteiger partial charge in [-0.15, -0.1) is 11.3 Å². The van der Waals surface area contributed by atoms with Crippen LogP contribution < -0.4 is 4.90 Å². The van der Waals surface area contributed by atoms with Crippen LogP contribution in [0.4, 0.5) is 17.1 Å². The normalized spacial score (nSPS) is 11.5. The zero-order valence-electron chi connectivity index (χ0n) is 31.1. The molecule has 0 radical (unpaired) electrons. The molecule has 11 aromatic rings. The van der Waals surface area contributed by atoms with E-state index in [0.29, 0.717) is 0 Å². The summed E-state index contributed by atoms with van der Waals surface area (Å²) in [5.74, 6) is 0. The minimum atomic E-state index is 1.09. The van der Waals surface area contributed by atoms with Crippen LogP contribution in [-0.2, 0) is 0 Å². The topological polar surface area (TPSA) is 8.17 Å². The first-order valence-electron chi connectivity index (χ1n) is 19.4. The summed E-state index contributed by atoms with van der Waals surface area (Å²) in [6, 6.07) is 79.5. The molecular weight excluding hydrogens is 709 g/mol. The van der Waals surface area contributed by atoms with E-state index >= 15 is 0 Å². The molecule has 11 rings (SSSR count). The zero-order chi connectivity index (χ0) is 37.7. The molecule has 0 aliphatic carbocycles. The quantitative estimate of drug-likeness (QED) is 0.158. The Kier molecular flexibility index (Phi) is 8.04. The van der Waals surface area contributed by atoms with Crippen molar-refractivity contribution in [2.24, 2.45) is 0 Å². The van der Waals surface area contributed by atoms with Gasteiger partial charge >= 0.3 is 0 Å². The van der Waals surface area contributed by atoms with Crippen LogP contribution in [0.15, 0.2) is 218 Å². The van der Waals surface area contributed by atoms with E-state index < -0.39 is 0 Å². The van der Waals surface area contributed by atoms with Crippen LogP contribution in [0.2, 0.25) is 0 Å². The van der Waals surface area contributed by atoms with Crippen molar-refractivity contribution in [3.63, 3.8) is 0 Å². The molecule has 0 saturated heterocycles. The van der Waals surface area contributed by atoms with Crippen molar-refractivity contribution < 1.29 is 0 Å². The highest BCUT2D eigenvalue weighted by Crippen LogP contribution is 2.45. The van der Waals surface area contributed by atoms with E-state index in [-0.39, 0.29) is 0 Å². The van der Waals surface area contributed by atoms with E-state index in [2.05, 4.69) is 228 Å². The van der Waals surface area contributed by atoms with Gasteiger partial charge in [-0.2, -0.15) is 0 Å². The Balaban J connectivity index is 1.15. The van der Waals surface area contributed by atoms with Crippen LogP contribution in [0.5, 0.6) is 0 Å². The van der Waals surface area contributed by atoms with Gasteiger partial charge in [0, 0.05) is 53.4 Å². The van der Waals surface area contributed by atoms with Gasteiger partial charge < -0.3 is 9.47 Å². The Morgan fingerprint density at radius 1 is 0.333 bits per heavy atom. The molecule has 0 atom stereocenters. The summed E-state index contributed by atoms with van der Waals surface area (Å²) >= 11 is 1.86. The van der Waals surface area contributed by atoms with Gasteiger partial charge in [-0.25, -0.2) is 0 Å². The highest BCUT2D eigenvalue weighted by molar-refractivity contribution is 7.25. The highest BCUT2D eigenvalue weighted by atomic mass is 32.1. The monoisotopic (exact) mass is 744 g/mol. The fourth-order valence-electron chi connectivity index (χ4n) is 8.56. The van der Waals surface area contributed by atoms with E-state index in [9.17, 15) is 0 Å². The van der Waals surface area contributed by atoms with Gasteiger partial charge in [0.15, 0.2) is 0 Å². The van der Waals surface area contributed by atoms with Gasteiger partial charge in [0.2, 0.25) is 0 Å². The van der Waals surface area contributed by atoms with E-state index in [1.165, 1.54) is 69.8 Å². The van der Waals surface area contributed by atoms with Crippen molar-refractivity contribution in [2.75, 3.05) is 4.90 Å². The number of para-hydroxylation sites is 3. The Bertz CT molecular complexity index is 3230. The number of anilines is 3. The first kappa shape index (κ1) is 33.2. The average molecular weight is 745 g/mol. The van der Waals surface area contributed by atoms with Crippen LogP contribution in [-0.4, -0.2) is 4.57 Å². The molecule has 268 valence electrons. The molecule has 0 N–H and O–H groups in total. The van der Waals surface area contributed by atoms with Crippen LogP contribution in [0.1, 0.15) is 0 Å². The molecule has 0 saturated carbocycles. The molecule has 3 heteroatoms. The smallest absolute Gasteiger partial charge is 0.0562 e. The van der Waals surface area contributed by atoms with Gasteiger partial charge in [0.05, 0.1) is 22.4 Å². The zero-order valence-corrected chi connectivity index (χ0v) is 31.9. The summed E-state index contributed by atoms with van der Waals surface area (Å²) in [5, 5.41) is 5.06. The molecular formula is C54H36N2S. The van der Waals surface area contributed by atoms with Crippen molar-refractivity contribution >= 4 is 70.4 Å². The molecule has 0 aliphatic rings. The van der Waals surface area contributed by atoms with Crippen LogP contribution in [0.25, 0.3) is 81.0 Å². The fraction of sp³-hybridized carbons (Fsp3) is 0. The van der Waals surface area contributed by atoms with E-state index in [1.807, 2.05) is 11.3 Å². The number of rotatable bonds is 7. The standard InChI is InChI=1S/C54H36N2S/c1-3-15-37(16-4-1)38-27-30-41(31-28-38)55(49-23-11-8-20-44(49)40-29-34-54-48(35-40)47-22-10-14-26-53(47)57-54)42-32-33-46-45-21-9-13-25-51(45)56(52(46)36-42)50-24-12-7-19-43(50)39-17-5-2-6-18-39/h1-36H. The van der Waals surface area contributed by atoms with Gasteiger partial charge in [-0.3, -0.25) is 0 Å². The van der Waals surface area contributed by atoms with E-state index in [4.69, 9.17) is 0 Å². The fourth-order valence-corrected chi connectivity index (χ4v) is 9.64. The SMILES string of the molecule is c1ccc(-c2ccc(N(c3ccc4c5ccccc5n(-c5ccccc5-c5ccccc5)c4c3)c3ccccc3-c3ccc4sc5ccccc5c4c3)cc2)cc1. The Morgan fingerprint density at radius 2 is 0.912 bits per heavy atom. The molecule has 0 unspecified atom stereocenters. The van der Waals surface area contributed by atoms with Crippen LogP contribution in [0.3, 0.4) is 0 Å². The third-order valence-corrected chi connectivity index (χ3v) is 12.4. The lowest BCUT2D eigenvalue weighted by atomic mass is 9.99. The number of fused-ring (bicyclic) bond motifs is 6. The van der Waals surface area contributed by atoms with Gasteiger partial charge in [-0.1, -0.05) is 158 Å². The lowest BCUT2D eigenvalue weighted by Gasteiger charge is -2.28. The van der Waals surface area contributed by atoms with Crippen LogP contribution >= 0.6 is 11.3 Å². The van der Waals surface area contributed by atoms with Crippen LogP contribution in [0, 0.1) is 0 Å². The van der Waals surface area contributed by atoms with Gasteiger partial charge in [-0.05, 0) is 82.9 Å². The van der Waals surface area contributed by atoms with Crippen molar-refractivity contribution in [1.82, 2.24) is 4.57 Å². The molecule has 0 spiro atoms. The summed E-state index contributed by atoms with van der Waals surface area (Å²) in [5.41, 5.74) is 14.0. The number of hydrogen-bond acceptors (Lipinski definition) is 2. The largest absolute Gasteiger partial charge is 0.310 e. The number of hydrogen-bond donors (Lipinski definition) is 0. The second-order valence-corrected chi connectivity index (χ2v) is 15.6. The van der Waals surface area contributed by atoms with Gasteiger partial charge in [0.1, 0.15) is 0 Å². The molecule has 2 heterocycles. The second-order valence-electron chi connectivity index (χ2n) is 14.5. The third-order valence-electron chi connectivity index (χ3n) is 11.2. The summed E-state index contributed by atoms with van der Waals surface area (Å²) in [7, 11) is 0. The summed E-state index contributed by atoms with van der Waals surface area (Å²) in [6.07, 6.45) is 0. The molecule has 9 aromatic carbocycles. The first-order valence-corrected chi connectivity index (χ1v) is 20.2. The predicted molar refractivity (Wildman–Crippen MR) is 245 cm³/mol. The van der Waals surface area contributed by atoms with Gasteiger partial charge in [0.25, 0.3) is 0 Å². The minimum absolute atomic E-state index is 1.09. The van der Waals surface area contributed by atoms with E-state index in [1.54, 1.807) is 0 Å². The summed E-state index contributed by atoms with van der Waals surface area (Å²) in [6.45, 7) is 0.